The summed E-state index contributed by atoms with van der Waals surface area (Å²) in [5.41, 5.74) is 2.82. The number of rotatable bonds is 5. The van der Waals surface area contributed by atoms with Crippen molar-refractivity contribution in [3.8, 4) is 11.6 Å². The standard InChI is InChI=1S/C19H20N6O3/c1-13-11-14(24-9-2-3-10-24)5-6-15(13)22-16(26)12-25-18(23-28-19(25)27)17-20-7-4-8-21-17/h4-8,11H,2-3,9-10,12H2,1H3,(H,22,26). The molecule has 28 heavy (non-hydrogen) atoms. The van der Waals surface area contributed by atoms with Gasteiger partial charge in [-0.05, 0) is 49.6 Å². The van der Waals surface area contributed by atoms with Crippen LogP contribution in [-0.4, -0.2) is 38.7 Å². The molecule has 9 heteroatoms. The fourth-order valence-electron chi connectivity index (χ4n) is 3.28. The minimum atomic E-state index is -0.737. The molecule has 0 atom stereocenters. The number of benzene rings is 1. The molecule has 1 saturated heterocycles. The van der Waals surface area contributed by atoms with Gasteiger partial charge in [0, 0.05) is 36.9 Å². The van der Waals surface area contributed by atoms with Gasteiger partial charge in [0.1, 0.15) is 6.54 Å². The molecular formula is C19H20N6O3. The van der Waals surface area contributed by atoms with E-state index in [0.29, 0.717) is 5.69 Å². The van der Waals surface area contributed by atoms with E-state index in [0.717, 1.165) is 28.9 Å². The van der Waals surface area contributed by atoms with Gasteiger partial charge in [0.25, 0.3) is 0 Å². The highest BCUT2D eigenvalue weighted by atomic mass is 16.5. The smallest absolute Gasteiger partial charge is 0.372 e. The van der Waals surface area contributed by atoms with Crippen molar-refractivity contribution in [2.75, 3.05) is 23.3 Å². The van der Waals surface area contributed by atoms with Crippen LogP contribution < -0.4 is 16.0 Å². The highest BCUT2D eigenvalue weighted by Crippen LogP contribution is 2.25. The minimum absolute atomic E-state index is 0.113. The molecule has 3 heterocycles. The second-order valence-corrected chi connectivity index (χ2v) is 6.67. The Morgan fingerprint density at radius 1 is 1.21 bits per heavy atom. The van der Waals surface area contributed by atoms with Gasteiger partial charge in [0.2, 0.25) is 11.7 Å². The third-order valence-corrected chi connectivity index (χ3v) is 4.71. The first-order chi connectivity index (χ1) is 13.6. The Hall–Kier alpha value is -3.49. The van der Waals surface area contributed by atoms with Gasteiger partial charge in [-0.2, -0.15) is 0 Å². The highest BCUT2D eigenvalue weighted by Gasteiger charge is 2.18. The summed E-state index contributed by atoms with van der Waals surface area (Å²) in [6.07, 6.45) is 5.46. The maximum Gasteiger partial charge on any atom is 0.442 e. The molecule has 1 aromatic carbocycles. The molecule has 0 unspecified atom stereocenters. The van der Waals surface area contributed by atoms with Crippen LogP contribution in [-0.2, 0) is 11.3 Å². The lowest BCUT2D eigenvalue weighted by molar-refractivity contribution is -0.116. The van der Waals surface area contributed by atoms with Crippen LogP contribution in [0.5, 0.6) is 0 Å². The number of hydrogen-bond acceptors (Lipinski definition) is 7. The Morgan fingerprint density at radius 2 is 1.96 bits per heavy atom. The molecule has 0 radical (unpaired) electrons. The van der Waals surface area contributed by atoms with E-state index in [-0.39, 0.29) is 24.1 Å². The van der Waals surface area contributed by atoms with E-state index in [2.05, 4.69) is 35.9 Å². The van der Waals surface area contributed by atoms with Crippen molar-refractivity contribution in [3.05, 3.63) is 52.8 Å². The van der Waals surface area contributed by atoms with Crippen LogP contribution in [0.25, 0.3) is 11.6 Å². The van der Waals surface area contributed by atoms with Crippen LogP contribution >= 0.6 is 0 Å². The van der Waals surface area contributed by atoms with Gasteiger partial charge in [-0.1, -0.05) is 5.16 Å². The molecule has 144 valence electrons. The number of nitrogens with one attached hydrogen (secondary N) is 1. The molecule has 1 fully saturated rings. The Labute approximate surface area is 161 Å². The molecule has 0 saturated carbocycles. The van der Waals surface area contributed by atoms with E-state index in [1.807, 2.05) is 19.1 Å². The quantitative estimate of drug-likeness (QED) is 0.720. The molecule has 1 amide bonds. The Bertz CT molecular complexity index is 1040. The normalized spacial score (nSPS) is 13.7. The van der Waals surface area contributed by atoms with Crippen LogP contribution in [0.4, 0.5) is 11.4 Å². The fraction of sp³-hybridized carbons (Fsp3) is 0.316. The van der Waals surface area contributed by atoms with Crippen LogP contribution in [0.15, 0.2) is 46.0 Å². The third kappa shape index (κ3) is 3.64. The molecule has 3 aromatic rings. The van der Waals surface area contributed by atoms with Gasteiger partial charge < -0.3 is 10.2 Å². The molecule has 0 spiro atoms. The summed E-state index contributed by atoms with van der Waals surface area (Å²) >= 11 is 0. The number of hydrogen-bond donors (Lipinski definition) is 1. The predicted octanol–water partition coefficient (Wildman–Crippen LogP) is 1.84. The molecule has 1 aliphatic heterocycles. The number of amides is 1. The molecular weight excluding hydrogens is 360 g/mol. The minimum Gasteiger partial charge on any atom is -0.372 e. The maximum atomic E-state index is 12.5. The van der Waals surface area contributed by atoms with E-state index in [9.17, 15) is 9.59 Å². The molecule has 0 aliphatic carbocycles. The van der Waals surface area contributed by atoms with E-state index in [1.54, 1.807) is 6.07 Å². The zero-order chi connectivity index (χ0) is 19.5. The van der Waals surface area contributed by atoms with Gasteiger partial charge in [0.05, 0.1) is 0 Å². The Balaban J connectivity index is 1.50. The summed E-state index contributed by atoms with van der Waals surface area (Å²) < 4.78 is 5.80. The van der Waals surface area contributed by atoms with Gasteiger partial charge in [0.15, 0.2) is 5.82 Å². The van der Waals surface area contributed by atoms with Gasteiger partial charge >= 0.3 is 5.76 Å². The highest BCUT2D eigenvalue weighted by molar-refractivity contribution is 5.91. The van der Waals surface area contributed by atoms with Gasteiger partial charge in [-0.25, -0.2) is 19.3 Å². The molecule has 1 aliphatic rings. The number of carbonyl (C=O) groups excluding carboxylic acids is 1. The summed E-state index contributed by atoms with van der Waals surface area (Å²) in [6, 6.07) is 7.60. The van der Waals surface area contributed by atoms with Crippen molar-refractivity contribution >= 4 is 17.3 Å². The van der Waals surface area contributed by atoms with Crippen molar-refractivity contribution in [2.45, 2.75) is 26.3 Å². The molecule has 4 rings (SSSR count). The van der Waals surface area contributed by atoms with Crippen LogP contribution in [0.1, 0.15) is 18.4 Å². The Kier molecular flexibility index (Phi) is 4.88. The summed E-state index contributed by atoms with van der Waals surface area (Å²) in [7, 11) is 0. The number of aryl methyl sites for hydroxylation is 1. The van der Waals surface area contributed by atoms with E-state index >= 15 is 0 Å². The lowest BCUT2D eigenvalue weighted by Gasteiger charge is -2.19. The van der Waals surface area contributed by atoms with Crippen molar-refractivity contribution in [1.82, 2.24) is 19.7 Å². The second kappa shape index (κ2) is 7.63. The van der Waals surface area contributed by atoms with E-state index < -0.39 is 5.76 Å². The molecule has 1 N–H and O–H groups in total. The van der Waals surface area contributed by atoms with Crippen molar-refractivity contribution in [1.29, 1.82) is 0 Å². The van der Waals surface area contributed by atoms with E-state index in [1.165, 1.54) is 25.2 Å². The number of aromatic nitrogens is 4. The van der Waals surface area contributed by atoms with Crippen LogP contribution in [0, 0.1) is 6.92 Å². The second-order valence-electron chi connectivity index (χ2n) is 6.67. The van der Waals surface area contributed by atoms with Crippen molar-refractivity contribution in [2.24, 2.45) is 0 Å². The number of carbonyl (C=O) groups is 1. The Morgan fingerprint density at radius 3 is 2.68 bits per heavy atom. The maximum absolute atomic E-state index is 12.5. The largest absolute Gasteiger partial charge is 0.442 e. The fourth-order valence-corrected chi connectivity index (χ4v) is 3.28. The summed E-state index contributed by atoms with van der Waals surface area (Å²) in [4.78, 5) is 34.9. The lowest BCUT2D eigenvalue weighted by Crippen LogP contribution is -2.26. The molecule has 0 bridgehead atoms. The van der Waals surface area contributed by atoms with Gasteiger partial charge in [-0.15, -0.1) is 0 Å². The van der Waals surface area contributed by atoms with Crippen LogP contribution in [0.2, 0.25) is 0 Å². The topological polar surface area (TPSA) is 106 Å². The predicted molar refractivity (Wildman–Crippen MR) is 103 cm³/mol. The number of anilines is 2. The third-order valence-electron chi connectivity index (χ3n) is 4.71. The monoisotopic (exact) mass is 380 g/mol. The summed E-state index contributed by atoms with van der Waals surface area (Å²) in [6.45, 7) is 3.82. The zero-order valence-electron chi connectivity index (χ0n) is 15.5. The molecule has 2 aromatic heterocycles. The average Bonchev–Trinajstić information content (AvgIpc) is 3.35. The van der Waals surface area contributed by atoms with Crippen LogP contribution in [0.3, 0.4) is 0 Å². The SMILES string of the molecule is Cc1cc(N2CCCC2)ccc1NC(=O)Cn1c(-c2ncccn2)noc1=O. The zero-order valence-corrected chi connectivity index (χ0v) is 15.5. The van der Waals surface area contributed by atoms with Crippen molar-refractivity contribution in [3.63, 3.8) is 0 Å². The first kappa shape index (κ1) is 17.9. The number of nitrogens with zero attached hydrogens (tertiary/aromatic N) is 5. The lowest BCUT2D eigenvalue weighted by atomic mass is 10.1. The first-order valence-electron chi connectivity index (χ1n) is 9.11. The first-order valence-corrected chi connectivity index (χ1v) is 9.11. The summed E-state index contributed by atoms with van der Waals surface area (Å²) in [5.74, 6) is -0.771. The summed E-state index contributed by atoms with van der Waals surface area (Å²) in [5, 5.41) is 6.53. The average molecular weight is 380 g/mol. The van der Waals surface area contributed by atoms with Crippen molar-refractivity contribution < 1.29 is 9.32 Å². The van der Waals surface area contributed by atoms with E-state index in [4.69, 9.17) is 0 Å². The molecule has 9 nitrogen and oxygen atoms in total. The van der Waals surface area contributed by atoms with Gasteiger partial charge in [-0.3, -0.25) is 9.32 Å².